The predicted octanol–water partition coefficient (Wildman–Crippen LogP) is 3.59. The molecular weight excluding hydrogens is 328 g/mol. The molecule has 1 aliphatic heterocycles. The Balaban J connectivity index is 1.82. The van der Waals surface area contributed by atoms with E-state index in [9.17, 15) is 0 Å². The van der Waals surface area contributed by atoms with Crippen LogP contribution in [0.2, 0.25) is 0 Å². The number of methoxy groups -OCH3 is 1. The molecule has 4 heteroatoms. The van der Waals surface area contributed by atoms with E-state index in [1.807, 2.05) is 12.1 Å². The van der Waals surface area contributed by atoms with Gasteiger partial charge in [-0.1, -0.05) is 28.1 Å². The largest absolute Gasteiger partial charge is 0.496 e. The first kappa shape index (κ1) is 16.5. The van der Waals surface area contributed by atoms with Gasteiger partial charge >= 0.3 is 0 Å². The minimum absolute atomic E-state index is 0.593. The lowest BCUT2D eigenvalue weighted by Gasteiger charge is -2.32. The Labute approximate surface area is 136 Å². The average Bonchev–Trinajstić information content (AvgIpc) is 2.46. The predicted molar refractivity (Wildman–Crippen MR) is 91.8 cm³/mol. The zero-order chi connectivity index (χ0) is 15.2. The summed E-state index contributed by atoms with van der Waals surface area (Å²) >= 11 is 3.52. The van der Waals surface area contributed by atoms with Gasteiger partial charge in [-0.25, -0.2) is 0 Å². The van der Waals surface area contributed by atoms with Crippen LogP contribution in [-0.2, 0) is 6.54 Å². The van der Waals surface area contributed by atoms with Crippen LogP contribution in [0.1, 0.15) is 25.3 Å². The van der Waals surface area contributed by atoms with Gasteiger partial charge in [0.05, 0.1) is 7.11 Å². The van der Waals surface area contributed by atoms with Crippen LogP contribution in [0.5, 0.6) is 5.75 Å². The van der Waals surface area contributed by atoms with Crippen LogP contribution in [0.15, 0.2) is 34.8 Å². The van der Waals surface area contributed by atoms with Crippen molar-refractivity contribution in [2.24, 2.45) is 0 Å². The third-order valence-corrected chi connectivity index (χ3v) is 4.40. The van der Waals surface area contributed by atoms with Gasteiger partial charge in [0.15, 0.2) is 0 Å². The molecule has 21 heavy (non-hydrogen) atoms. The zero-order valence-corrected chi connectivity index (χ0v) is 14.6. The summed E-state index contributed by atoms with van der Waals surface area (Å²) in [5.74, 6) is 0.949. The standard InChI is InChI=1S/C17H25BrN2O/c1-13(2)12-20-8-6-16(7-9-20)19-11-14-10-15(18)4-5-17(14)21-3/h4-5,10,16,19H,1,6-9,11-12H2,2-3H3. The molecule has 3 nitrogen and oxygen atoms in total. The van der Waals surface area contributed by atoms with Gasteiger partial charge in [0.1, 0.15) is 5.75 Å². The van der Waals surface area contributed by atoms with Gasteiger partial charge in [0.25, 0.3) is 0 Å². The fraction of sp³-hybridized carbons (Fsp3) is 0.529. The van der Waals surface area contributed by atoms with Crippen molar-refractivity contribution in [2.75, 3.05) is 26.7 Å². The number of halogens is 1. The van der Waals surface area contributed by atoms with Crippen LogP contribution in [-0.4, -0.2) is 37.7 Å². The van der Waals surface area contributed by atoms with E-state index in [0.29, 0.717) is 6.04 Å². The molecule has 1 saturated heterocycles. The van der Waals surface area contributed by atoms with Crippen LogP contribution >= 0.6 is 15.9 Å². The number of rotatable bonds is 6. The highest BCUT2D eigenvalue weighted by atomic mass is 79.9. The Morgan fingerprint density at radius 3 is 2.76 bits per heavy atom. The van der Waals surface area contributed by atoms with Gasteiger partial charge in [0.2, 0.25) is 0 Å². The molecule has 0 spiro atoms. The Morgan fingerprint density at radius 2 is 2.14 bits per heavy atom. The van der Waals surface area contributed by atoms with Gasteiger partial charge < -0.3 is 10.1 Å². The topological polar surface area (TPSA) is 24.5 Å². The summed E-state index contributed by atoms with van der Waals surface area (Å²) in [6, 6.07) is 6.74. The number of hydrogen-bond acceptors (Lipinski definition) is 3. The van der Waals surface area contributed by atoms with Gasteiger partial charge in [-0.3, -0.25) is 4.90 Å². The average molecular weight is 353 g/mol. The lowest BCUT2D eigenvalue weighted by molar-refractivity contribution is 0.211. The number of benzene rings is 1. The molecule has 0 radical (unpaired) electrons. The highest BCUT2D eigenvalue weighted by Crippen LogP contribution is 2.23. The van der Waals surface area contributed by atoms with Crippen LogP contribution in [0.4, 0.5) is 0 Å². The quantitative estimate of drug-likeness (QED) is 0.791. The monoisotopic (exact) mass is 352 g/mol. The highest BCUT2D eigenvalue weighted by molar-refractivity contribution is 9.10. The van der Waals surface area contributed by atoms with Crippen molar-refractivity contribution in [3.05, 3.63) is 40.4 Å². The summed E-state index contributed by atoms with van der Waals surface area (Å²) < 4.78 is 6.52. The number of piperidine rings is 1. The maximum absolute atomic E-state index is 5.42. The first-order chi connectivity index (χ1) is 10.1. The van der Waals surface area contributed by atoms with Crippen molar-refractivity contribution in [1.82, 2.24) is 10.2 Å². The van der Waals surface area contributed by atoms with Crippen molar-refractivity contribution in [3.63, 3.8) is 0 Å². The van der Waals surface area contributed by atoms with E-state index in [1.54, 1.807) is 7.11 Å². The molecule has 0 aromatic heterocycles. The molecule has 0 aliphatic carbocycles. The maximum Gasteiger partial charge on any atom is 0.123 e. The summed E-state index contributed by atoms with van der Waals surface area (Å²) in [5.41, 5.74) is 2.46. The normalized spacial score (nSPS) is 16.9. The number of likely N-dealkylation sites (tertiary alicyclic amines) is 1. The minimum Gasteiger partial charge on any atom is -0.496 e. The minimum atomic E-state index is 0.593. The second kappa shape index (κ2) is 7.97. The molecule has 1 N–H and O–H groups in total. The van der Waals surface area contributed by atoms with E-state index in [2.05, 4.69) is 45.7 Å². The van der Waals surface area contributed by atoms with Gasteiger partial charge in [-0.15, -0.1) is 0 Å². The molecule has 0 saturated carbocycles. The SMILES string of the molecule is C=C(C)CN1CCC(NCc2cc(Br)ccc2OC)CC1. The summed E-state index contributed by atoms with van der Waals surface area (Å²) in [6.45, 7) is 10.3. The Kier molecular flexibility index (Phi) is 6.27. The van der Waals surface area contributed by atoms with Crippen LogP contribution in [0.25, 0.3) is 0 Å². The second-order valence-electron chi connectivity index (χ2n) is 5.84. The first-order valence-electron chi connectivity index (χ1n) is 7.51. The van der Waals surface area contributed by atoms with Crippen LogP contribution in [0, 0.1) is 0 Å². The van der Waals surface area contributed by atoms with Crippen molar-refractivity contribution in [2.45, 2.75) is 32.4 Å². The Bertz CT molecular complexity index is 482. The third-order valence-electron chi connectivity index (χ3n) is 3.90. The zero-order valence-electron chi connectivity index (χ0n) is 13.0. The third kappa shape index (κ3) is 5.13. The Hall–Kier alpha value is -0.840. The van der Waals surface area contributed by atoms with Crippen molar-refractivity contribution >= 4 is 15.9 Å². The second-order valence-corrected chi connectivity index (χ2v) is 6.76. The lowest BCUT2D eigenvalue weighted by atomic mass is 10.0. The number of nitrogens with one attached hydrogen (secondary N) is 1. The summed E-state index contributed by atoms with van der Waals surface area (Å²) in [7, 11) is 1.73. The van der Waals surface area contributed by atoms with Crippen molar-refractivity contribution in [1.29, 1.82) is 0 Å². The van der Waals surface area contributed by atoms with Crippen molar-refractivity contribution in [3.8, 4) is 5.75 Å². The fourth-order valence-corrected chi connectivity index (χ4v) is 3.23. The number of nitrogens with zero attached hydrogens (tertiary/aromatic N) is 1. The highest BCUT2D eigenvalue weighted by Gasteiger charge is 2.18. The van der Waals surface area contributed by atoms with E-state index in [-0.39, 0.29) is 0 Å². The molecule has 2 rings (SSSR count). The smallest absolute Gasteiger partial charge is 0.123 e. The maximum atomic E-state index is 5.42. The van der Waals surface area contributed by atoms with Gasteiger partial charge in [-0.05, 0) is 51.1 Å². The number of ether oxygens (including phenoxy) is 1. The Morgan fingerprint density at radius 1 is 1.43 bits per heavy atom. The molecule has 0 bridgehead atoms. The molecule has 1 heterocycles. The summed E-state index contributed by atoms with van der Waals surface area (Å²) in [6.07, 6.45) is 2.40. The first-order valence-corrected chi connectivity index (χ1v) is 8.30. The fourth-order valence-electron chi connectivity index (χ4n) is 2.82. The van der Waals surface area contributed by atoms with Gasteiger partial charge in [-0.2, -0.15) is 0 Å². The molecule has 0 amide bonds. The lowest BCUT2D eigenvalue weighted by Crippen LogP contribution is -2.42. The molecule has 0 unspecified atom stereocenters. The van der Waals surface area contributed by atoms with E-state index in [1.165, 1.54) is 24.0 Å². The molecule has 1 fully saturated rings. The number of hydrogen-bond donors (Lipinski definition) is 1. The van der Waals surface area contributed by atoms with E-state index in [4.69, 9.17) is 4.74 Å². The van der Waals surface area contributed by atoms with Crippen molar-refractivity contribution < 1.29 is 4.74 Å². The molecule has 0 atom stereocenters. The van der Waals surface area contributed by atoms with E-state index >= 15 is 0 Å². The van der Waals surface area contributed by atoms with Gasteiger partial charge in [0, 0.05) is 29.2 Å². The molecule has 116 valence electrons. The summed E-state index contributed by atoms with van der Waals surface area (Å²) in [4.78, 5) is 2.49. The van der Waals surface area contributed by atoms with E-state index < -0.39 is 0 Å². The van der Waals surface area contributed by atoms with Crippen LogP contribution < -0.4 is 10.1 Å². The molecule has 1 aliphatic rings. The summed E-state index contributed by atoms with van der Waals surface area (Å²) in [5, 5.41) is 3.66. The van der Waals surface area contributed by atoms with Crippen LogP contribution in [0.3, 0.4) is 0 Å². The molecule has 1 aromatic rings. The van der Waals surface area contributed by atoms with E-state index in [0.717, 1.165) is 36.4 Å². The molecular formula is C17H25BrN2O. The molecule has 1 aromatic carbocycles.